The molecule has 8 nitrogen and oxygen atoms in total. The van der Waals surface area contributed by atoms with Crippen molar-refractivity contribution in [3.8, 4) is 11.4 Å². The van der Waals surface area contributed by atoms with Gasteiger partial charge in [0.1, 0.15) is 5.82 Å². The van der Waals surface area contributed by atoms with E-state index < -0.39 is 16.0 Å². The first kappa shape index (κ1) is 21.0. The number of anilines is 1. The van der Waals surface area contributed by atoms with E-state index in [2.05, 4.69) is 35.8 Å². The van der Waals surface area contributed by atoms with E-state index in [0.29, 0.717) is 27.4 Å². The number of nitrogens with one attached hydrogen (secondary N) is 2. The van der Waals surface area contributed by atoms with Crippen LogP contribution in [0.25, 0.3) is 11.4 Å². The minimum Gasteiger partial charge on any atom is -0.465 e. The monoisotopic (exact) mass is 478 g/mol. The van der Waals surface area contributed by atoms with Gasteiger partial charge in [0.25, 0.3) is 10.0 Å². The zero-order valence-corrected chi connectivity index (χ0v) is 18.3. The third-order valence-electron chi connectivity index (χ3n) is 4.12. The fraction of sp³-hybridized carbons (Fsp3) is 0.211. The van der Waals surface area contributed by atoms with E-state index in [1.807, 2.05) is 13.8 Å². The molecule has 152 valence electrons. The Morgan fingerprint density at radius 1 is 1.21 bits per heavy atom. The van der Waals surface area contributed by atoms with Gasteiger partial charge in [-0.3, -0.25) is 9.82 Å². The molecule has 0 radical (unpaired) electrons. The summed E-state index contributed by atoms with van der Waals surface area (Å²) in [5.41, 5.74) is 0.966. The quantitative estimate of drug-likeness (QED) is 0.518. The summed E-state index contributed by atoms with van der Waals surface area (Å²) < 4.78 is 33.6. The molecule has 0 aliphatic rings. The molecule has 0 bridgehead atoms. The fourth-order valence-electron chi connectivity index (χ4n) is 2.56. The number of aromatic amines is 1. The fourth-order valence-corrected chi connectivity index (χ4v) is 4.08. The molecule has 2 N–H and O–H groups in total. The molecule has 0 saturated heterocycles. The zero-order valence-electron chi connectivity index (χ0n) is 15.9. The summed E-state index contributed by atoms with van der Waals surface area (Å²) >= 11 is 3.23. The number of benzene rings is 2. The summed E-state index contributed by atoms with van der Waals surface area (Å²) in [6, 6.07) is 11.0. The van der Waals surface area contributed by atoms with E-state index in [9.17, 15) is 13.2 Å². The van der Waals surface area contributed by atoms with Crippen molar-refractivity contribution in [1.82, 2.24) is 15.2 Å². The topological polar surface area (TPSA) is 114 Å². The average Bonchev–Trinajstić information content (AvgIpc) is 3.18. The number of halogens is 1. The first-order valence-corrected chi connectivity index (χ1v) is 10.9. The van der Waals surface area contributed by atoms with Gasteiger partial charge in [-0.1, -0.05) is 26.0 Å². The van der Waals surface area contributed by atoms with Gasteiger partial charge in [0.05, 0.1) is 23.3 Å². The van der Waals surface area contributed by atoms with Crippen molar-refractivity contribution in [3.63, 3.8) is 0 Å². The standard InChI is InChI=1S/C19H19BrN4O4S/c1-11(2)17-21-18(23-22-17)13-6-4-5-7-16(13)24-29(26,27)12-8-9-15(20)14(10-12)19(25)28-3/h4-11,24H,1-3H3,(H,21,22,23). The van der Waals surface area contributed by atoms with Gasteiger partial charge in [-0.05, 0) is 46.3 Å². The number of aromatic nitrogens is 3. The summed E-state index contributed by atoms with van der Waals surface area (Å²) in [5, 5.41) is 7.06. The van der Waals surface area contributed by atoms with E-state index in [0.717, 1.165) is 0 Å². The smallest absolute Gasteiger partial charge is 0.339 e. The van der Waals surface area contributed by atoms with Crippen molar-refractivity contribution in [2.24, 2.45) is 0 Å². The Hall–Kier alpha value is -2.72. The number of esters is 1. The van der Waals surface area contributed by atoms with Crippen LogP contribution in [0.1, 0.15) is 35.9 Å². The van der Waals surface area contributed by atoms with Gasteiger partial charge in [-0.15, -0.1) is 0 Å². The minimum atomic E-state index is -3.98. The lowest BCUT2D eigenvalue weighted by Gasteiger charge is -2.12. The Morgan fingerprint density at radius 2 is 1.93 bits per heavy atom. The Bertz CT molecular complexity index is 1160. The van der Waals surface area contributed by atoms with Crippen molar-refractivity contribution in [1.29, 1.82) is 0 Å². The van der Waals surface area contributed by atoms with Crippen LogP contribution < -0.4 is 4.72 Å². The largest absolute Gasteiger partial charge is 0.465 e. The van der Waals surface area contributed by atoms with Gasteiger partial charge in [-0.2, -0.15) is 5.10 Å². The van der Waals surface area contributed by atoms with Gasteiger partial charge < -0.3 is 4.74 Å². The van der Waals surface area contributed by atoms with Gasteiger partial charge in [0.15, 0.2) is 5.82 Å². The Balaban J connectivity index is 1.99. The predicted octanol–water partition coefficient (Wildman–Crippen LogP) is 3.95. The highest BCUT2D eigenvalue weighted by molar-refractivity contribution is 9.10. The molecule has 0 fully saturated rings. The average molecular weight is 479 g/mol. The minimum absolute atomic E-state index is 0.0752. The molecule has 29 heavy (non-hydrogen) atoms. The summed E-state index contributed by atoms with van der Waals surface area (Å²) in [6.45, 7) is 3.96. The molecule has 0 atom stereocenters. The van der Waals surface area contributed by atoms with Crippen molar-refractivity contribution >= 4 is 37.6 Å². The maximum Gasteiger partial charge on any atom is 0.339 e. The van der Waals surface area contributed by atoms with Crippen molar-refractivity contribution in [3.05, 3.63) is 58.3 Å². The first-order valence-electron chi connectivity index (χ1n) is 8.65. The van der Waals surface area contributed by atoms with Crippen LogP contribution in [-0.2, 0) is 14.8 Å². The van der Waals surface area contributed by atoms with E-state index >= 15 is 0 Å². The molecule has 3 aromatic rings. The van der Waals surface area contributed by atoms with Crippen LogP contribution in [0.3, 0.4) is 0 Å². The number of sulfonamides is 1. The molecule has 0 saturated carbocycles. The van der Waals surface area contributed by atoms with Gasteiger partial charge >= 0.3 is 5.97 Å². The number of carbonyl (C=O) groups excluding carboxylic acids is 1. The van der Waals surface area contributed by atoms with E-state index in [4.69, 9.17) is 4.74 Å². The highest BCUT2D eigenvalue weighted by Gasteiger charge is 2.21. The number of hydrogen-bond donors (Lipinski definition) is 2. The Kier molecular flexibility index (Phi) is 6.04. The highest BCUT2D eigenvalue weighted by atomic mass is 79.9. The molecular weight excluding hydrogens is 460 g/mol. The second-order valence-electron chi connectivity index (χ2n) is 6.48. The lowest BCUT2D eigenvalue weighted by Crippen LogP contribution is -2.15. The molecule has 0 unspecified atom stereocenters. The van der Waals surface area contributed by atoms with E-state index in [1.54, 1.807) is 24.3 Å². The molecule has 2 aromatic carbocycles. The van der Waals surface area contributed by atoms with E-state index in [-0.39, 0.29) is 16.4 Å². The van der Waals surface area contributed by atoms with Crippen LogP contribution in [0.5, 0.6) is 0 Å². The number of hydrogen-bond acceptors (Lipinski definition) is 6. The lowest BCUT2D eigenvalue weighted by molar-refractivity contribution is 0.0599. The highest BCUT2D eigenvalue weighted by Crippen LogP contribution is 2.29. The second kappa shape index (κ2) is 8.34. The number of para-hydroxylation sites is 1. The lowest BCUT2D eigenvalue weighted by atomic mass is 10.1. The number of methoxy groups -OCH3 is 1. The maximum absolute atomic E-state index is 12.9. The van der Waals surface area contributed by atoms with Crippen LogP contribution in [-0.4, -0.2) is 36.7 Å². The summed E-state index contributed by atoms with van der Waals surface area (Å²) in [4.78, 5) is 16.2. The van der Waals surface area contributed by atoms with Crippen LogP contribution in [0.4, 0.5) is 5.69 Å². The van der Waals surface area contributed by atoms with Crippen molar-refractivity contribution < 1.29 is 17.9 Å². The van der Waals surface area contributed by atoms with Crippen LogP contribution in [0.15, 0.2) is 51.8 Å². The predicted molar refractivity (Wildman–Crippen MR) is 112 cm³/mol. The number of ether oxygens (including phenoxy) is 1. The van der Waals surface area contributed by atoms with Crippen LogP contribution in [0.2, 0.25) is 0 Å². The molecule has 1 aromatic heterocycles. The third kappa shape index (κ3) is 4.48. The van der Waals surface area contributed by atoms with Crippen molar-refractivity contribution in [2.75, 3.05) is 11.8 Å². The Labute approximate surface area is 176 Å². The summed E-state index contributed by atoms with van der Waals surface area (Å²) in [5.74, 6) is 0.599. The SMILES string of the molecule is COC(=O)c1cc(S(=O)(=O)Nc2ccccc2-c2n[nH]c(C(C)C)n2)ccc1Br. The molecule has 0 aliphatic carbocycles. The second-order valence-corrected chi connectivity index (χ2v) is 9.02. The molecule has 3 rings (SSSR count). The van der Waals surface area contributed by atoms with Gasteiger partial charge in [0, 0.05) is 16.0 Å². The van der Waals surface area contributed by atoms with Crippen molar-refractivity contribution in [2.45, 2.75) is 24.7 Å². The molecule has 0 aliphatic heterocycles. The number of carbonyl (C=O) groups is 1. The van der Waals surface area contributed by atoms with E-state index in [1.165, 1.54) is 25.3 Å². The normalized spacial score (nSPS) is 11.5. The third-order valence-corrected chi connectivity index (χ3v) is 6.17. The molecule has 10 heteroatoms. The number of rotatable bonds is 6. The van der Waals surface area contributed by atoms with Gasteiger partial charge in [0.2, 0.25) is 0 Å². The number of H-pyrrole nitrogens is 1. The summed E-state index contributed by atoms with van der Waals surface area (Å²) in [7, 11) is -2.75. The maximum atomic E-state index is 12.9. The van der Waals surface area contributed by atoms with Crippen LogP contribution >= 0.6 is 15.9 Å². The Morgan fingerprint density at radius 3 is 2.59 bits per heavy atom. The molecular formula is C19H19BrN4O4S. The van der Waals surface area contributed by atoms with Crippen LogP contribution in [0, 0.1) is 0 Å². The van der Waals surface area contributed by atoms with Gasteiger partial charge in [-0.25, -0.2) is 18.2 Å². The number of nitrogens with zero attached hydrogens (tertiary/aromatic N) is 2. The first-order chi connectivity index (χ1) is 13.7. The molecule has 0 spiro atoms. The molecule has 1 heterocycles. The summed E-state index contributed by atoms with van der Waals surface area (Å²) in [6.07, 6.45) is 0. The zero-order chi connectivity index (χ0) is 21.2. The molecule has 0 amide bonds.